The number of hydrogen-bond acceptors (Lipinski definition) is 2. The van der Waals surface area contributed by atoms with Gasteiger partial charge in [0.2, 0.25) is 0 Å². The van der Waals surface area contributed by atoms with Gasteiger partial charge in [-0.3, -0.25) is 9.59 Å². The molecule has 0 saturated heterocycles. The predicted octanol–water partition coefficient (Wildman–Crippen LogP) is 3.81. The van der Waals surface area contributed by atoms with Crippen LogP contribution < -0.4 is 10.6 Å². The van der Waals surface area contributed by atoms with E-state index in [-0.39, 0.29) is 0 Å². The first-order chi connectivity index (χ1) is 12.4. The number of alkyl halides is 14. The molecule has 0 aromatic carbocycles. The quantitative estimate of drug-likeness (QED) is 0.375. The normalized spacial score (nSPS) is 15.7. The van der Waals surface area contributed by atoms with Crippen LogP contribution >= 0.6 is 23.2 Å². The van der Waals surface area contributed by atoms with Gasteiger partial charge in [0, 0.05) is 12.6 Å². The Balaban J connectivity index is 5.17. The van der Waals surface area contributed by atoms with Gasteiger partial charge in [-0.25, -0.2) is 0 Å². The summed E-state index contributed by atoms with van der Waals surface area (Å²) in [5.41, 5.74) is 0. The van der Waals surface area contributed by atoms with Gasteiger partial charge in [-0.15, -0.1) is 0 Å². The molecule has 0 aliphatic heterocycles. The van der Waals surface area contributed by atoms with Crippen molar-refractivity contribution < 1.29 is 62.3 Å². The van der Waals surface area contributed by atoms with Crippen LogP contribution in [-0.2, 0) is 9.59 Å². The van der Waals surface area contributed by atoms with E-state index in [0.29, 0.717) is 6.92 Å². The Hall–Kier alpha value is -1.32. The van der Waals surface area contributed by atoms with E-state index in [2.05, 4.69) is 23.2 Å². The van der Waals surface area contributed by atoms with Crippen LogP contribution in [0.25, 0.3) is 0 Å². The van der Waals surface area contributed by atoms with Crippen LogP contribution in [-0.4, -0.2) is 58.9 Å². The van der Waals surface area contributed by atoms with Gasteiger partial charge in [0.1, 0.15) is 0 Å². The second-order valence-corrected chi connectivity index (χ2v) is 6.33. The summed E-state index contributed by atoms with van der Waals surface area (Å²) in [6.07, 6.45) is 0. The summed E-state index contributed by atoms with van der Waals surface area (Å²) in [7, 11) is 0. The van der Waals surface area contributed by atoms with Gasteiger partial charge in [0.15, 0.2) is 0 Å². The van der Waals surface area contributed by atoms with E-state index >= 15 is 0 Å². The summed E-state index contributed by atoms with van der Waals surface area (Å²) >= 11 is 7.58. The van der Waals surface area contributed by atoms with Gasteiger partial charge in [-0.1, -0.05) is 0 Å². The van der Waals surface area contributed by atoms with Gasteiger partial charge in [0.05, 0.1) is 0 Å². The van der Waals surface area contributed by atoms with E-state index in [1.807, 2.05) is 0 Å². The molecule has 0 heterocycles. The smallest absolute Gasteiger partial charge is 0.349 e. The second-order valence-electron chi connectivity index (χ2n) is 5.38. The number of hydrogen-bond donors (Lipinski definition) is 2. The van der Waals surface area contributed by atoms with E-state index in [1.54, 1.807) is 0 Å². The molecular formula is C11H8Cl2F12N2O2. The first-order valence-corrected chi connectivity index (χ1v) is 7.44. The van der Waals surface area contributed by atoms with Gasteiger partial charge in [-0.2, -0.15) is 52.7 Å². The molecule has 2 amide bonds. The molecule has 0 aromatic heterocycles. The van der Waals surface area contributed by atoms with Crippen molar-refractivity contribution in [3.63, 3.8) is 0 Å². The zero-order valence-electron chi connectivity index (χ0n) is 13.4. The summed E-state index contributed by atoms with van der Waals surface area (Å²) in [5.74, 6) is -31.3. The Morgan fingerprint density at radius 1 is 0.724 bits per heavy atom. The zero-order valence-corrected chi connectivity index (χ0v) is 14.9. The lowest BCUT2D eigenvalue weighted by atomic mass is 10.1. The van der Waals surface area contributed by atoms with Gasteiger partial charge in [-0.05, 0) is 30.1 Å². The Kier molecular flexibility index (Phi) is 7.71. The fourth-order valence-electron chi connectivity index (χ4n) is 1.36. The first kappa shape index (κ1) is 27.7. The number of amides is 2. The Labute approximate surface area is 162 Å². The number of rotatable bonds is 9. The van der Waals surface area contributed by atoms with Crippen LogP contribution in [0, 0.1) is 0 Å². The van der Waals surface area contributed by atoms with E-state index in [0.717, 1.165) is 10.6 Å². The first-order valence-electron chi connectivity index (χ1n) is 6.68. The predicted molar refractivity (Wildman–Crippen MR) is 72.0 cm³/mol. The van der Waals surface area contributed by atoms with Crippen molar-refractivity contribution in [3.8, 4) is 0 Å². The van der Waals surface area contributed by atoms with Crippen LogP contribution in [0.5, 0.6) is 0 Å². The third-order valence-electron chi connectivity index (χ3n) is 3.02. The molecule has 172 valence electrons. The van der Waals surface area contributed by atoms with E-state index in [9.17, 15) is 62.3 Å². The second kappa shape index (κ2) is 8.07. The summed E-state index contributed by atoms with van der Waals surface area (Å²) < 4.78 is 154. The molecule has 0 spiro atoms. The third-order valence-corrected chi connectivity index (χ3v) is 3.49. The maximum atomic E-state index is 13.2. The fraction of sp³-hybridized carbons (Fsp3) is 0.818. The minimum Gasteiger partial charge on any atom is -0.349 e. The molecule has 18 heteroatoms. The number of nitrogens with one attached hydrogen (secondary N) is 2. The largest absolute Gasteiger partial charge is 0.395 e. The minimum absolute atomic E-state index is 0.539. The maximum Gasteiger partial charge on any atom is 0.395 e. The molecule has 1 atom stereocenters. The molecule has 0 aliphatic rings. The minimum atomic E-state index is -6.42. The summed E-state index contributed by atoms with van der Waals surface area (Å²) in [4.78, 5) is 22.1. The molecule has 0 aromatic rings. The van der Waals surface area contributed by atoms with Gasteiger partial charge >= 0.3 is 34.5 Å². The van der Waals surface area contributed by atoms with Crippen molar-refractivity contribution in [2.24, 2.45) is 0 Å². The highest BCUT2D eigenvalue weighted by Crippen LogP contribution is 2.49. The van der Waals surface area contributed by atoms with E-state index < -0.39 is 58.9 Å². The summed E-state index contributed by atoms with van der Waals surface area (Å²) in [6, 6.07) is -2.04. The van der Waals surface area contributed by atoms with Crippen LogP contribution in [0.4, 0.5) is 52.7 Å². The molecule has 0 bridgehead atoms. The van der Waals surface area contributed by atoms with Crippen molar-refractivity contribution in [2.75, 3.05) is 6.54 Å². The van der Waals surface area contributed by atoms with Crippen LogP contribution in [0.3, 0.4) is 0 Å². The molecule has 4 nitrogen and oxygen atoms in total. The molecule has 0 radical (unpaired) electrons. The van der Waals surface area contributed by atoms with E-state index in [4.69, 9.17) is 0 Å². The number of halogens is 14. The molecule has 0 fully saturated rings. The molecular weight excluding hydrogens is 491 g/mol. The Morgan fingerprint density at radius 2 is 1.03 bits per heavy atom. The van der Waals surface area contributed by atoms with E-state index in [1.165, 1.54) is 0 Å². The van der Waals surface area contributed by atoms with Crippen LogP contribution in [0.2, 0.25) is 0 Å². The average Bonchev–Trinajstić information content (AvgIpc) is 2.49. The standard InChI is InChI=1S/C11H8Cl2F12N2O2/c1-3(27-5(29)7(16,17)9(20,21)11(13,24)25)2-26-4(28)6(14,15)8(18,19)10(12,22)23/h3H,2H2,1H3,(H,26,28)(H,27,29)/t3-/m0/s1. The van der Waals surface area contributed by atoms with Crippen LogP contribution in [0.1, 0.15) is 6.92 Å². The molecule has 0 unspecified atom stereocenters. The van der Waals surface area contributed by atoms with Crippen molar-refractivity contribution in [2.45, 2.75) is 47.4 Å². The molecule has 0 saturated carbocycles. The highest BCUT2D eigenvalue weighted by atomic mass is 35.5. The average molecular weight is 499 g/mol. The number of carbonyl (C=O) groups excluding carboxylic acids is 2. The van der Waals surface area contributed by atoms with Crippen molar-refractivity contribution in [1.82, 2.24) is 10.6 Å². The maximum absolute atomic E-state index is 13.2. The van der Waals surface area contributed by atoms with Crippen molar-refractivity contribution in [1.29, 1.82) is 0 Å². The lowest BCUT2D eigenvalue weighted by Crippen LogP contribution is -2.62. The van der Waals surface area contributed by atoms with Crippen molar-refractivity contribution in [3.05, 3.63) is 0 Å². The SMILES string of the molecule is C[C@@H](CNC(=O)C(F)(F)C(F)(F)C(F)(F)Cl)NC(=O)C(F)(F)C(F)(F)C(F)(F)Cl. The van der Waals surface area contributed by atoms with Gasteiger partial charge in [0.25, 0.3) is 11.8 Å². The Bertz CT molecular complexity index is 632. The lowest BCUT2D eigenvalue weighted by Gasteiger charge is -2.30. The highest BCUT2D eigenvalue weighted by molar-refractivity contribution is 6.23. The van der Waals surface area contributed by atoms with Gasteiger partial charge < -0.3 is 10.6 Å². The lowest BCUT2D eigenvalue weighted by molar-refractivity contribution is -0.269. The monoisotopic (exact) mass is 498 g/mol. The fourth-order valence-corrected chi connectivity index (χ4v) is 1.60. The van der Waals surface area contributed by atoms with Crippen LogP contribution in [0.15, 0.2) is 0 Å². The summed E-state index contributed by atoms with van der Waals surface area (Å²) in [5, 5.41) is -10.1. The molecule has 2 N–H and O–H groups in total. The highest BCUT2D eigenvalue weighted by Gasteiger charge is 2.75. The van der Waals surface area contributed by atoms with Crippen molar-refractivity contribution >= 4 is 35.0 Å². The molecule has 0 rings (SSSR count). The third kappa shape index (κ3) is 5.24. The molecule has 29 heavy (non-hydrogen) atoms. The topological polar surface area (TPSA) is 58.2 Å². The number of carbonyl (C=O) groups is 2. The Morgan fingerprint density at radius 3 is 1.34 bits per heavy atom. The zero-order chi connectivity index (χ0) is 23.9. The molecule has 0 aliphatic carbocycles. The summed E-state index contributed by atoms with van der Waals surface area (Å²) in [6.45, 7) is -0.944.